The monoisotopic (exact) mass is 326 g/mol. The van der Waals surface area contributed by atoms with E-state index in [0.717, 1.165) is 0 Å². The summed E-state index contributed by atoms with van der Waals surface area (Å²) in [6, 6.07) is 10.0. The van der Waals surface area contributed by atoms with Crippen LogP contribution in [0.3, 0.4) is 0 Å². The Morgan fingerprint density at radius 2 is 2.17 bits per heavy atom. The molecular weight excluding hydrogens is 312 g/mol. The molecule has 0 bridgehead atoms. The second-order valence-electron chi connectivity index (χ2n) is 4.97. The quantitative estimate of drug-likeness (QED) is 0.547. The third-order valence-electron chi connectivity index (χ3n) is 3.29. The molecule has 0 spiro atoms. The predicted octanol–water partition coefficient (Wildman–Crippen LogP) is 2.54. The first-order valence-corrected chi connectivity index (χ1v) is 7.01. The highest BCUT2D eigenvalue weighted by molar-refractivity contribution is 5.89. The van der Waals surface area contributed by atoms with Gasteiger partial charge >= 0.3 is 5.97 Å². The molecule has 3 N–H and O–H groups in total. The Balaban J connectivity index is 1.73. The van der Waals surface area contributed by atoms with Crippen molar-refractivity contribution in [2.24, 2.45) is 10.2 Å². The van der Waals surface area contributed by atoms with Gasteiger partial charge in [0.1, 0.15) is 18.1 Å². The maximum atomic E-state index is 11.0. The lowest BCUT2D eigenvalue weighted by molar-refractivity contribution is 0.0697. The highest BCUT2D eigenvalue weighted by Gasteiger charge is 2.09. The van der Waals surface area contributed by atoms with Gasteiger partial charge in [-0.3, -0.25) is 0 Å². The van der Waals surface area contributed by atoms with Crippen molar-refractivity contribution in [2.45, 2.75) is 13.5 Å². The molecule has 2 aromatic heterocycles. The molecule has 0 aliphatic heterocycles. The van der Waals surface area contributed by atoms with Gasteiger partial charge in [0.05, 0.1) is 5.56 Å². The van der Waals surface area contributed by atoms with E-state index in [1.807, 2.05) is 0 Å². The normalized spacial score (nSPS) is 11.2. The summed E-state index contributed by atoms with van der Waals surface area (Å²) in [5.41, 5.74) is 0.873. The van der Waals surface area contributed by atoms with Crippen LogP contribution < -0.4 is 5.84 Å². The zero-order valence-electron chi connectivity index (χ0n) is 12.7. The molecule has 3 rings (SSSR count). The topological polar surface area (TPSA) is 132 Å². The lowest BCUT2D eigenvalue weighted by atomic mass is 10.1. The second-order valence-corrected chi connectivity index (χ2v) is 4.97. The Morgan fingerprint density at radius 3 is 2.88 bits per heavy atom. The van der Waals surface area contributed by atoms with Crippen molar-refractivity contribution in [2.75, 3.05) is 5.84 Å². The van der Waals surface area contributed by atoms with E-state index >= 15 is 0 Å². The lowest BCUT2D eigenvalue weighted by Gasteiger charge is -1.99. The summed E-state index contributed by atoms with van der Waals surface area (Å²) in [4.78, 5) is 11.0. The smallest absolute Gasteiger partial charge is 0.335 e. The average Bonchev–Trinajstić information content (AvgIpc) is 3.17. The molecular formula is C15H14N6O3. The zero-order valence-corrected chi connectivity index (χ0v) is 12.7. The number of benzene rings is 1. The summed E-state index contributed by atoms with van der Waals surface area (Å²) < 4.78 is 6.89. The van der Waals surface area contributed by atoms with E-state index in [2.05, 4.69) is 20.4 Å². The molecule has 3 aromatic rings. The van der Waals surface area contributed by atoms with Gasteiger partial charge in [0, 0.05) is 5.56 Å². The van der Waals surface area contributed by atoms with Gasteiger partial charge in [-0.25, -0.2) is 9.47 Å². The number of hydrogen-bond donors (Lipinski definition) is 2. The molecule has 0 aliphatic rings. The van der Waals surface area contributed by atoms with Crippen molar-refractivity contribution in [3.63, 3.8) is 0 Å². The molecule has 0 saturated carbocycles. The van der Waals surface area contributed by atoms with Gasteiger partial charge in [-0.05, 0) is 31.2 Å². The number of aryl methyl sites for hydroxylation is 1. The van der Waals surface area contributed by atoms with Gasteiger partial charge in [-0.15, -0.1) is 15.3 Å². The minimum atomic E-state index is -0.987. The van der Waals surface area contributed by atoms with E-state index in [1.54, 1.807) is 37.3 Å². The highest BCUT2D eigenvalue weighted by atomic mass is 16.4. The number of nitrogens with zero attached hydrogens (tertiary/aromatic N) is 5. The van der Waals surface area contributed by atoms with Crippen molar-refractivity contribution >= 4 is 11.9 Å². The number of rotatable bonds is 5. The maximum absolute atomic E-state index is 11.0. The van der Waals surface area contributed by atoms with Gasteiger partial charge in [-0.2, -0.15) is 5.11 Å². The summed E-state index contributed by atoms with van der Waals surface area (Å²) >= 11 is 0. The number of azo groups is 1. The Morgan fingerprint density at radius 1 is 1.33 bits per heavy atom. The molecule has 9 nitrogen and oxygen atoms in total. The number of carboxylic acid groups (broad SMARTS) is 1. The Hall–Kier alpha value is -3.49. The number of furan rings is 1. The van der Waals surface area contributed by atoms with E-state index < -0.39 is 5.97 Å². The molecule has 9 heteroatoms. The number of hydrogen-bond acceptors (Lipinski definition) is 7. The molecule has 0 unspecified atom stereocenters. The fourth-order valence-corrected chi connectivity index (χ4v) is 2.02. The summed E-state index contributed by atoms with van der Waals surface area (Å²) in [5, 5.41) is 24.4. The first-order chi connectivity index (χ1) is 11.5. The molecule has 0 amide bonds. The summed E-state index contributed by atoms with van der Waals surface area (Å²) in [6.07, 6.45) is 0. The van der Waals surface area contributed by atoms with Gasteiger partial charge in [0.2, 0.25) is 0 Å². The summed E-state index contributed by atoms with van der Waals surface area (Å²) in [7, 11) is 0. The van der Waals surface area contributed by atoms with Crippen LogP contribution in [0.1, 0.15) is 21.9 Å². The fraction of sp³-hybridized carbons (Fsp3) is 0.133. The number of aromatic nitrogens is 3. The van der Waals surface area contributed by atoms with Gasteiger partial charge in [0.25, 0.3) is 5.95 Å². The van der Waals surface area contributed by atoms with Crippen LogP contribution in [0.4, 0.5) is 5.95 Å². The van der Waals surface area contributed by atoms with Crippen molar-refractivity contribution < 1.29 is 14.3 Å². The van der Waals surface area contributed by atoms with Gasteiger partial charge in [-0.1, -0.05) is 12.1 Å². The number of carboxylic acids is 1. The third-order valence-corrected chi connectivity index (χ3v) is 3.29. The van der Waals surface area contributed by atoms with E-state index in [9.17, 15) is 4.79 Å². The molecule has 122 valence electrons. The largest absolute Gasteiger partial charge is 0.478 e. The lowest BCUT2D eigenvalue weighted by Crippen LogP contribution is -2.09. The van der Waals surface area contributed by atoms with Crippen molar-refractivity contribution in [3.8, 4) is 11.3 Å². The Labute approximate surface area is 136 Å². The SMILES string of the molecule is Cc1nnc(N=NCc2ccc(-c3cccc(C(=O)O)c3)o2)n1N. The molecule has 2 heterocycles. The molecule has 1 aromatic carbocycles. The first-order valence-electron chi connectivity index (χ1n) is 7.01. The van der Waals surface area contributed by atoms with Crippen LogP contribution in [0, 0.1) is 6.92 Å². The minimum absolute atomic E-state index is 0.197. The molecule has 0 radical (unpaired) electrons. The number of aromatic carboxylic acids is 1. The maximum Gasteiger partial charge on any atom is 0.335 e. The van der Waals surface area contributed by atoms with Crippen LogP contribution in [0.15, 0.2) is 51.0 Å². The zero-order chi connectivity index (χ0) is 17.1. The fourth-order valence-electron chi connectivity index (χ4n) is 2.02. The predicted molar refractivity (Wildman–Crippen MR) is 84.2 cm³/mol. The van der Waals surface area contributed by atoms with Crippen molar-refractivity contribution in [1.29, 1.82) is 0 Å². The standard InChI is InChI=1S/C15H14N6O3/c1-9-18-20-15(21(9)16)19-17-8-12-5-6-13(24-12)10-3-2-4-11(7-10)14(22)23/h2-7H,8,16H2,1H3,(H,22,23). The van der Waals surface area contributed by atoms with Gasteiger partial charge in [0.15, 0.2) is 5.82 Å². The molecule has 0 fully saturated rings. The minimum Gasteiger partial charge on any atom is -0.478 e. The Bertz CT molecular complexity index is 912. The van der Waals surface area contributed by atoms with Crippen LogP contribution in [-0.2, 0) is 6.54 Å². The van der Waals surface area contributed by atoms with E-state index in [-0.39, 0.29) is 18.1 Å². The summed E-state index contributed by atoms with van der Waals surface area (Å²) in [5.74, 6) is 6.55. The molecule has 0 aliphatic carbocycles. The van der Waals surface area contributed by atoms with Crippen LogP contribution in [0.25, 0.3) is 11.3 Å². The molecule has 0 saturated heterocycles. The highest BCUT2D eigenvalue weighted by Crippen LogP contribution is 2.23. The van der Waals surface area contributed by atoms with Crippen LogP contribution in [0.2, 0.25) is 0 Å². The van der Waals surface area contributed by atoms with Crippen LogP contribution in [-0.4, -0.2) is 25.9 Å². The molecule has 0 atom stereocenters. The number of nitrogen functional groups attached to an aromatic ring is 1. The third kappa shape index (κ3) is 3.14. The average molecular weight is 326 g/mol. The first kappa shape index (κ1) is 15.4. The van der Waals surface area contributed by atoms with E-state index in [4.69, 9.17) is 15.4 Å². The van der Waals surface area contributed by atoms with E-state index in [0.29, 0.717) is 22.9 Å². The van der Waals surface area contributed by atoms with Crippen molar-refractivity contribution in [1.82, 2.24) is 14.9 Å². The summed E-state index contributed by atoms with van der Waals surface area (Å²) in [6.45, 7) is 1.90. The second kappa shape index (κ2) is 6.32. The molecule has 24 heavy (non-hydrogen) atoms. The van der Waals surface area contributed by atoms with Crippen LogP contribution in [0.5, 0.6) is 0 Å². The Kier molecular flexibility index (Phi) is 4.06. The number of carbonyl (C=O) groups is 1. The van der Waals surface area contributed by atoms with Gasteiger partial charge < -0.3 is 15.4 Å². The number of nitrogens with two attached hydrogens (primary N) is 1. The van der Waals surface area contributed by atoms with Crippen molar-refractivity contribution in [3.05, 3.63) is 53.5 Å². The van der Waals surface area contributed by atoms with Crippen LogP contribution >= 0.6 is 0 Å². The van der Waals surface area contributed by atoms with E-state index in [1.165, 1.54) is 10.7 Å².